The van der Waals surface area contributed by atoms with Gasteiger partial charge in [-0.05, 0) is 55.2 Å². The molecule has 1 amide bonds. The summed E-state index contributed by atoms with van der Waals surface area (Å²) in [6, 6.07) is 16.2. The lowest BCUT2D eigenvalue weighted by Crippen LogP contribution is -2.32. The second-order valence-corrected chi connectivity index (χ2v) is 7.40. The number of aromatic nitrogens is 2. The Morgan fingerprint density at radius 1 is 1.07 bits per heavy atom. The molecule has 0 saturated heterocycles. The van der Waals surface area contributed by atoms with E-state index in [9.17, 15) is 4.79 Å². The molecule has 6 nitrogen and oxygen atoms in total. The van der Waals surface area contributed by atoms with Gasteiger partial charge in [0.2, 0.25) is 5.89 Å². The SMILES string of the molecule is CC(C)C(NC(=O)c1ccc(Oc2ccccc2)cc1)c1nc(C2CC2)no1. The molecule has 144 valence electrons. The molecule has 1 unspecified atom stereocenters. The van der Waals surface area contributed by atoms with Crippen molar-refractivity contribution < 1.29 is 14.1 Å². The molecule has 6 heteroatoms. The first-order valence-corrected chi connectivity index (χ1v) is 9.57. The number of carbonyl (C=O) groups is 1. The van der Waals surface area contributed by atoms with Gasteiger partial charge >= 0.3 is 0 Å². The minimum atomic E-state index is -0.326. The quantitative estimate of drug-likeness (QED) is 0.636. The summed E-state index contributed by atoms with van der Waals surface area (Å²) in [7, 11) is 0. The van der Waals surface area contributed by atoms with Crippen LogP contribution in [0, 0.1) is 5.92 Å². The number of hydrogen-bond acceptors (Lipinski definition) is 5. The number of ether oxygens (including phenoxy) is 1. The fourth-order valence-corrected chi connectivity index (χ4v) is 2.92. The normalized spacial score (nSPS) is 14.7. The number of amides is 1. The first-order chi connectivity index (χ1) is 13.6. The Kier molecular flexibility index (Phi) is 5.10. The Morgan fingerprint density at radius 2 is 1.75 bits per heavy atom. The first kappa shape index (κ1) is 18.2. The monoisotopic (exact) mass is 377 g/mol. The molecule has 4 rings (SSSR count). The van der Waals surface area contributed by atoms with E-state index in [0.717, 1.165) is 24.4 Å². The van der Waals surface area contributed by atoms with Gasteiger partial charge in [0.15, 0.2) is 5.82 Å². The summed E-state index contributed by atoms with van der Waals surface area (Å²) in [5, 5.41) is 7.07. The Balaban J connectivity index is 1.43. The van der Waals surface area contributed by atoms with E-state index >= 15 is 0 Å². The van der Waals surface area contributed by atoms with Crippen molar-refractivity contribution in [3.8, 4) is 11.5 Å². The molecule has 1 saturated carbocycles. The number of benzene rings is 2. The third-order valence-corrected chi connectivity index (χ3v) is 4.71. The van der Waals surface area contributed by atoms with Crippen LogP contribution in [0.5, 0.6) is 11.5 Å². The van der Waals surface area contributed by atoms with E-state index < -0.39 is 0 Å². The van der Waals surface area contributed by atoms with Gasteiger partial charge in [-0.1, -0.05) is 37.2 Å². The third-order valence-electron chi connectivity index (χ3n) is 4.71. The van der Waals surface area contributed by atoms with Crippen LogP contribution >= 0.6 is 0 Å². The predicted octanol–water partition coefficient (Wildman–Crippen LogP) is 4.87. The van der Waals surface area contributed by atoms with Gasteiger partial charge in [-0.3, -0.25) is 4.79 Å². The summed E-state index contributed by atoms with van der Waals surface area (Å²) in [5.41, 5.74) is 0.549. The fraction of sp³-hybridized carbons (Fsp3) is 0.318. The molecule has 3 aromatic rings. The number of rotatable bonds is 7. The smallest absolute Gasteiger partial charge is 0.251 e. The molecule has 1 aliphatic rings. The van der Waals surface area contributed by atoms with Crippen LogP contribution in [0.15, 0.2) is 59.1 Å². The van der Waals surface area contributed by atoms with Gasteiger partial charge in [-0.2, -0.15) is 4.98 Å². The zero-order chi connectivity index (χ0) is 19.5. The van der Waals surface area contributed by atoms with Crippen molar-refractivity contribution in [3.63, 3.8) is 0 Å². The lowest BCUT2D eigenvalue weighted by atomic mass is 10.0. The molecular formula is C22H23N3O3. The van der Waals surface area contributed by atoms with E-state index in [1.165, 1.54) is 0 Å². The highest BCUT2D eigenvalue weighted by molar-refractivity contribution is 5.94. The minimum Gasteiger partial charge on any atom is -0.457 e. The van der Waals surface area contributed by atoms with Crippen molar-refractivity contribution in [1.82, 2.24) is 15.5 Å². The molecular weight excluding hydrogens is 354 g/mol. The molecule has 1 fully saturated rings. The van der Waals surface area contributed by atoms with E-state index in [4.69, 9.17) is 9.26 Å². The van der Waals surface area contributed by atoms with E-state index in [1.807, 2.05) is 44.2 Å². The second-order valence-electron chi connectivity index (χ2n) is 7.40. The van der Waals surface area contributed by atoms with Crippen molar-refractivity contribution >= 4 is 5.91 Å². The van der Waals surface area contributed by atoms with Crippen LogP contribution < -0.4 is 10.1 Å². The summed E-state index contributed by atoms with van der Waals surface area (Å²) < 4.78 is 11.2. The highest BCUT2D eigenvalue weighted by Crippen LogP contribution is 2.38. The van der Waals surface area contributed by atoms with E-state index in [1.54, 1.807) is 24.3 Å². The molecule has 1 aromatic heterocycles. The van der Waals surface area contributed by atoms with Crippen LogP contribution in [0.2, 0.25) is 0 Å². The van der Waals surface area contributed by atoms with E-state index in [2.05, 4.69) is 15.5 Å². The lowest BCUT2D eigenvalue weighted by Gasteiger charge is -2.18. The molecule has 1 atom stereocenters. The molecule has 0 bridgehead atoms. The molecule has 0 aliphatic heterocycles. The van der Waals surface area contributed by atoms with Crippen molar-refractivity contribution in [2.24, 2.45) is 5.92 Å². The molecule has 1 heterocycles. The maximum absolute atomic E-state index is 12.7. The molecule has 0 radical (unpaired) electrons. The molecule has 2 aromatic carbocycles. The summed E-state index contributed by atoms with van der Waals surface area (Å²) in [4.78, 5) is 17.2. The van der Waals surface area contributed by atoms with Crippen LogP contribution in [0.3, 0.4) is 0 Å². The Morgan fingerprint density at radius 3 is 2.39 bits per heavy atom. The topological polar surface area (TPSA) is 77.2 Å². The molecule has 1 aliphatic carbocycles. The third kappa shape index (κ3) is 4.22. The number of nitrogens with zero attached hydrogens (tertiary/aromatic N) is 2. The first-order valence-electron chi connectivity index (χ1n) is 9.57. The van der Waals surface area contributed by atoms with Gasteiger partial charge in [0, 0.05) is 11.5 Å². The Hall–Kier alpha value is -3.15. The number of hydrogen-bond donors (Lipinski definition) is 1. The Labute approximate surface area is 163 Å². The number of para-hydroxylation sites is 1. The minimum absolute atomic E-state index is 0.122. The maximum Gasteiger partial charge on any atom is 0.251 e. The second kappa shape index (κ2) is 7.84. The van der Waals surface area contributed by atoms with Crippen LogP contribution in [-0.4, -0.2) is 16.0 Å². The van der Waals surface area contributed by atoms with Crippen molar-refractivity contribution in [2.45, 2.75) is 38.6 Å². The van der Waals surface area contributed by atoms with Crippen molar-refractivity contribution in [3.05, 3.63) is 71.9 Å². The van der Waals surface area contributed by atoms with Crippen LogP contribution in [-0.2, 0) is 0 Å². The average Bonchev–Trinajstić information content (AvgIpc) is 3.44. The largest absolute Gasteiger partial charge is 0.457 e. The van der Waals surface area contributed by atoms with Gasteiger partial charge in [-0.15, -0.1) is 0 Å². The fourth-order valence-electron chi connectivity index (χ4n) is 2.92. The molecule has 1 N–H and O–H groups in total. The Bertz CT molecular complexity index is 931. The van der Waals surface area contributed by atoms with E-state index in [-0.39, 0.29) is 17.9 Å². The summed E-state index contributed by atoms with van der Waals surface area (Å²) in [5.74, 6) is 3.00. The maximum atomic E-state index is 12.7. The van der Waals surface area contributed by atoms with Gasteiger partial charge in [0.05, 0.1) is 0 Å². The van der Waals surface area contributed by atoms with Crippen molar-refractivity contribution in [1.29, 1.82) is 0 Å². The van der Waals surface area contributed by atoms with Crippen molar-refractivity contribution in [2.75, 3.05) is 0 Å². The van der Waals surface area contributed by atoms with Gasteiger partial charge in [0.1, 0.15) is 17.5 Å². The van der Waals surface area contributed by atoms with Crippen LogP contribution in [0.25, 0.3) is 0 Å². The number of nitrogens with one attached hydrogen (secondary N) is 1. The summed E-state index contributed by atoms with van der Waals surface area (Å²) in [6.45, 7) is 4.03. The van der Waals surface area contributed by atoms with Gasteiger partial charge in [-0.25, -0.2) is 0 Å². The van der Waals surface area contributed by atoms with Gasteiger partial charge in [0.25, 0.3) is 5.91 Å². The van der Waals surface area contributed by atoms with Gasteiger partial charge < -0.3 is 14.6 Å². The highest BCUT2D eigenvalue weighted by atomic mass is 16.5. The van der Waals surface area contributed by atoms with Crippen LogP contribution in [0.1, 0.15) is 60.7 Å². The lowest BCUT2D eigenvalue weighted by molar-refractivity contribution is 0.0914. The number of carbonyl (C=O) groups excluding carboxylic acids is 1. The highest BCUT2D eigenvalue weighted by Gasteiger charge is 2.31. The average molecular weight is 377 g/mol. The van der Waals surface area contributed by atoms with Crippen LogP contribution in [0.4, 0.5) is 0 Å². The zero-order valence-electron chi connectivity index (χ0n) is 16.0. The molecule has 0 spiro atoms. The standard InChI is InChI=1S/C22H23N3O3/c1-14(2)19(22-24-20(25-28-22)15-8-9-15)23-21(26)16-10-12-18(13-11-16)27-17-6-4-3-5-7-17/h3-7,10-15,19H,8-9H2,1-2H3,(H,23,26). The zero-order valence-corrected chi connectivity index (χ0v) is 16.0. The predicted molar refractivity (Wildman–Crippen MR) is 104 cm³/mol. The molecule has 28 heavy (non-hydrogen) atoms. The summed E-state index contributed by atoms with van der Waals surface area (Å²) >= 11 is 0. The summed E-state index contributed by atoms with van der Waals surface area (Å²) in [6.07, 6.45) is 2.21. The van der Waals surface area contributed by atoms with E-state index in [0.29, 0.717) is 23.1 Å².